The number of halogens is 1. The molecule has 1 N–H and O–H groups in total. The van der Waals surface area contributed by atoms with Crippen LogP contribution in [-0.2, 0) is 0 Å². The Balaban J connectivity index is 1.81. The van der Waals surface area contributed by atoms with Crippen LogP contribution in [0.15, 0.2) is 40.9 Å². The Morgan fingerprint density at radius 3 is 2.55 bits per heavy atom. The highest BCUT2D eigenvalue weighted by Crippen LogP contribution is 2.33. The van der Waals surface area contributed by atoms with Gasteiger partial charge in [0.15, 0.2) is 0 Å². The van der Waals surface area contributed by atoms with Gasteiger partial charge < -0.3 is 9.84 Å². The van der Waals surface area contributed by atoms with Crippen LogP contribution < -0.4 is 5.32 Å². The Kier molecular flexibility index (Phi) is 4.00. The van der Waals surface area contributed by atoms with Gasteiger partial charge in [0.05, 0.1) is 16.1 Å². The molecule has 0 aliphatic carbocycles. The fraction of sp³-hybridized carbons (Fsp3) is 0.125. The molecular weight excluding hydrogens is 320 g/mol. The summed E-state index contributed by atoms with van der Waals surface area (Å²) < 4.78 is 5.17. The number of benzene rings is 1. The van der Waals surface area contributed by atoms with Crippen LogP contribution in [-0.4, -0.2) is 11.1 Å². The van der Waals surface area contributed by atoms with Crippen molar-refractivity contribution in [3.05, 3.63) is 57.8 Å². The molecule has 0 saturated carbocycles. The lowest BCUT2D eigenvalue weighted by Crippen LogP contribution is -2.09. The first-order valence-electron chi connectivity index (χ1n) is 6.64. The van der Waals surface area contributed by atoms with Gasteiger partial charge in [0.25, 0.3) is 5.91 Å². The molecule has 4 nitrogen and oxygen atoms in total. The first-order valence-corrected chi connectivity index (χ1v) is 7.84. The predicted molar refractivity (Wildman–Crippen MR) is 88.7 cm³/mol. The molecule has 22 heavy (non-hydrogen) atoms. The molecule has 3 aromatic rings. The highest BCUT2D eigenvalue weighted by atomic mass is 35.5. The number of hydrogen-bond acceptors (Lipinski definition) is 4. The number of carbonyl (C=O) groups is 1. The minimum atomic E-state index is -0.148. The van der Waals surface area contributed by atoms with Crippen LogP contribution in [0.2, 0.25) is 5.02 Å². The predicted octanol–water partition coefficient (Wildman–Crippen LogP) is 4.93. The number of nitrogens with one attached hydrogen (secondary N) is 1. The Morgan fingerprint density at radius 2 is 1.91 bits per heavy atom. The standard InChI is InChI=1S/C16H13ClN2O2S/c1-9-15(10(2)21-19-9)13-7-8-14(22-13)16(20)18-12-5-3-11(17)4-6-12/h3-8H,1-2H3,(H,18,20). The molecule has 0 unspecified atom stereocenters. The van der Waals surface area contributed by atoms with Crippen molar-refractivity contribution in [1.82, 2.24) is 5.16 Å². The summed E-state index contributed by atoms with van der Waals surface area (Å²) in [7, 11) is 0. The molecular formula is C16H13ClN2O2S. The Morgan fingerprint density at radius 1 is 1.18 bits per heavy atom. The molecule has 0 saturated heterocycles. The van der Waals surface area contributed by atoms with Crippen LogP contribution >= 0.6 is 22.9 Å². The van der Waals surface area contributed by atoms with E-state index in [1.54, 1.807) is 30.3 Å². The van der Waals surface area contributed by atoms with E-state index >= 15 is 0 Å². The molecule has 1 amide bonds. The monoisotopic (exact) mass is 332 g/mol. The molecule has 0 radical (unpaired) electrons. The molecule has 0 aliphatic heterocycles. The molecule has 3 rings (SSSR count). The zero-order valence-corrected chi connectivity index (χ0v) is 13.6. The maximum atomic E-state index is 12.3. The summed E-state index contributed by atoms with van der Waals surface area (Å²) in [5.74, 6) is 0.606. The number of anilines is 1. The number of hydrogen-bond donors (Lipinski definition) is 1. The van der Waals surface area contributed by atoms with Gasteiger partial charge in [0.1, 0.15) is 5.76 Å². The van der Waals surface area contributed by atoms with Gasteiger partial charge in [-0.05, 0) is 50.2 Å². The normalized spacial score (nSPS) is 10.7. The van der Waals surface area contributed by atoms with Crippen LogP contribution in [0.5, 0.6) is 0 Å². The van der Waals surface area contributed by atoms with Gasteiger partial charge in [-0.3, -0.25) is 4.79 Å². The van der Waals surface area contributed by atoms with E-state index in [-0.39, 0.29) is 5.91 Å². The molecule has 1 aromatic carbocycles. The third-order valence-electron chi connectivity index (χ3n) is 3.21. The summed E-state index contributed by atoms with van der Waals surface area (Å²) in [6, 6.07) is 10.7. The topological polar surface area (TPSA) is 55.1 Å². The van der Waals surface area contributed by atoms with Crippen molar-refractivity contribution in [2.75, 3.05) is 5.32 Å². The number of amides is 1. The number of thiophene rings is 1. The van der Waals surface area contributed by atoms with E-state index in [1.165, 1.54) is 11.3 Å². The molecule has 112 valence electrons. The average Bonchev–Trinajstić information content (AvgIpc) is 3.08. The number of rotatable bonds is 3. The fourth-order valence-corrected chi connectivity index (χ4v) is 3.33. The van der Waals surface area contributed by atoms with Crippen molar-refractivity contribution >= 4 is 34.5 Å². The molecule has 0 atom stereocenters. The van der Waals surface area contributed by atoms with Gasteiger partial charge in [-0.25, -0.2) is 0 Å². The molecule has 0 bridgehead atoms. The second-order valence-corrected chi connectivity index (χ2v) is 6.34. The first-order chi connectivity index (χ1) is 10.5. The largest absolute Gasteiger partial charge is 0.361 e. The third-order valence-corrected chi connectivity index (χ3v) is 4.57. The van der Waals surface area contributed by atoms with Crippen molar-refractivity contribution in [1.29, 1.82) is 0 Å². The van der Waals surface area contributed by atoms with Crippen molar-refractivity contribution < 1.29 is 9.32 Å². The molecule has 0 spiro atoms. The van der Waals surface area contributed by atoms with Gasteiger partial charge in [0, 0.05) is 15.6 Å². The molecule has 2 heterocycles. The molecule has 0 fully saturated rings. The number of carbonyl (C=O) groups excluding carboxylic acids is 1. The summed E-state index contributed by atoms with van der Waals surface area (Å²) in [5.41, 5.74) is 2.49. The van der Waals surface area contributed by atoms with E-state index in [2.05, 4.69) is 10.5 Å². The lowest BCUT2D eigenvalue weighted by atomic mass is 10.2. The maximum Gasteiger partial charge on any atom is 0.265 e. The lowest BCUT2D eigenvalue weighted by Gasteiger charge is -2.03. The third kappa shape index (κ3) is 2.91. The van der Waals surface area contributed by atoms with E-state index < -0.39 is 0 Å². The van der Waals surface area contributed by atoms with Crippen LogP contribution in [0.1, 0.15) is 21.1 Å². The maximum absolute atomic E-state index is 12.3. The summed E-state index contributed by atoms with van der Waals surface area (Å²) in [6.07, 6.45) is 0. The minimum absolute atomic E-state index is 0.148. The lowest BCUT2D eigenvalue weighted by molar-refractivity contribution is 0.103. The summed E-state index contributed by atoms with van der Waals surface area (Å²) in [4.78, 5) is 13.9. The molecule has 0 aliphatic rings. The van der Waals surface area contributed by atoms with Crippen molar-refractivity contribution in [2.45, 2.75) is 13.8 Å². The van der Waals surface area contributed by atoms with E-state index in [9.17, 15) is 4.79 Å². The molecule has 2 aromatic heterocycles. The highest BCUT2D eigenvalue weighted by Gasteiger charge is 2.16. The zero-order valence-electron chi connectivity index (χ0n) is 12.0. The van der Waals surface area contributed by atoms with Crippen LogP contribution in [0.4, 0.5) is 5.69 Å². The van der Waals surface area contributed by atoms with Crippen LogP contribution in [0.3, 0.4) is 0 Å². The van der Waals surface area contributed by atoms with E-state index in [4.69, 9.17) is 16.1 Å². The summed E-state index contributed by atoms with van der Waals surface area (Å²) in [5, 5.41) is 7.42. The summed E-state index contributed by atoms with van der Waals surface area (Å²) >= 11 is 7.24. The van der Waals surface area contributed by atoms with Crippen molar-refractivity contribution in [3.63, 3.8) is 0 Å². The van der Waals surface area contributed by atoms with Gasteiger partial charge in [0.2, 0.25) is 0 Å². The Hall–Kier alpha value is -2.11. The summed E-state index contributed by atoms with van der Waals surface area (Å²) in [6.45, 7) is 3.75. The first kappa shape index (κ1) is 14.8. The smallest absolute Gasteiger partial charge is 0.265 e. The van der Waals surface area contributed by atoms with E-state index in [1.807, 2.05) is 19.9 Å². The SMILES string of the molecule is Cc1noc(C)c1-c1ccc(C(=O)Nc2ccc(Cl)cc2)s1. The number of aromatic nitrogens is 1. The van der Waals surface area contributed by atoms with Crippen LogP contribution in [0, 0.1) is 13.8 Å². The van der Waals surface area contributed by atoms with Gasteiger partial charge in [-0.1, -0.05) is 16.8 Å². The fourth-order valence-electron chi connectivity index (χ4n) is 2.15. The minimum Gasteiger partial charge on any atom is -0.361 e. The van der Waals surface area contributed by atoms with E-state index in [0.29, 0.717) is 15.6 Å². The van der Waals surface area contributed by atoms with E-state index in [0.717, 1.165) is 21.9 Å². The zero-order chi connectivity index (χ0) is 15.7. The highest BCUT2D eigenvalue weighted by molar-refractivity contribution is 7.17. The average molecular weight is 333 g/mol. The van der Waals surface area contributed by atoms with Crippen molar-refractivity contribution in [3.8, 4) is 10.4 Å². The van der Waals surface area contributed by atoms with Gasteiger partial charge >= 0.3 is 0 Å². The quantitative estimate of drug-likeness (QED) is 0.740. The Labute approximate surface area is 136 Å². The second kappa shape index (κ2) is 5.94. The molecule has 6 heteroatoms. The van der Waals surface area contributed by atoms with Crippen molar-refractivity contribution in [2.24, 2.45) is 0 Å². The second-order valence-electron chi connectivity index (χ2n) is 4.82. The van der Waals surface area contributed by atoms with Gasteiger partial charge in [-0.2, -0.15) is 0 Å². The number of aryl methyl sites for hydroxylation is 2. The number of nitrogens with zero attached hydrogens (tertiary/aromatic N) is 1. The van der Waals surface area contributed by atoms with Crippen LogP contribution in [0.25, 0.3) is 10.4 Å². The van der Waals surface area contributed by atoms with Gasteiger partial charge in [-0.15, -0.1) is 11.3 Å². The Bertz CT molecular complexity index is 802.